The molecule has 0 radical (unpaired) electrons. The molecule has 2 aliphatic rings. The van der Waals surface area contributed by atoms with Crippen LogP contribution in [0.5, 0.6) is 0 Å². The highest BCUT2D eigenvalue weighted by molar-refractivity contribution is 9.10. The summed E-state index contributed by atoms with van der Waals surface area (Å²) in [6, 6.07) is 7.51. The number of piperidine rings is 1. The zero-order chi connectivity index (χ0) is 17.3. The Balaban J connectivity index is 1.73. The fourth-order valence-electron chi connectivity index (χ4n) is 3.39. The van der Waals surface area contributed by atoms with E-state index >= 15 is 0 Å². The van der Waals surface area contributed by atoms with Gasteiger partial charge in [-0.25, -0.2) is 0 Å². The second kappa shape index (κ2) is 7.26. The van der Waals surface area contributed by atoms with Crippen LogP contribution in [-0.2, 0) is 4.79 Å². The van der Waals surface area contributed by atoms with Crippen molar-refractivity contribution in [2.75, 3.05) is 25.4 Å². The lowest BCUT2D eigenvalue weighted by Crippen LogP contribution is -2.54. The summed E-state index contributed by atoms with van der Waals surface area (Å²) >= 11 is 11.2. The maximum Gasteiger partial charge on any atom is 0.254 e. The van der Waals surface area contributed by atoms with Gasteiger partial charge in [0.15, 0.2) is 0 Å². The number of amides is 2. The summed E-state index contributed by atoms with van der Waals surface area (Å²) in [5, 5.41) is -0.490. The third-order valence-electron chi connectivity index (χ3n) is 4.71. The Morgan fingerprint density at radius 1 is 1.21 bits per heavy atom. The van der Waals surface area contributed by atoms with Crippen LogP contribution in [0.15, 0.2) is 28.7 Å². The molecule has 1 aromatic rings. The van der Waals surface area contributed by atoms with Gasteiger partial charge in [0.2, 0.25) is 5.91 Å². The summed E-state index contributed by atoms with van der Waals surface area (Å²) in [6.07, 6.45) is 1.60. The molecule has 1 spiro atoms. The van der Waals surface area contributed by atoms with Crippen LogP contribution in [-0.4, -0.2) is 57.2 Å². The van der Waals surface area contributed by atoms with E-state index in [1.165, 1.54) is 0 Å². The van der Waals surface area contributed by atoms with E-state index in [0.717, 1.165) is 29.6 Å². The van der Waals surface area contributed by atoms with Crippen molar-refractivity contribution in [1.29, 1.82) is 0 Å². The van der Waals surface area contributed by atoms with E-state index in [0.29, 0.717) is 18.7 Å². The zero-order valence-electron chi connectivity index (χ0n) is 13.5. The first-order chi connectivity index (χ1) is 11.4. The van der Waals surface area contributed by atoms with E-state index in [9.17, 15) is 9.59 Å². The van der Waals surface area contributed by atoms with Crippen LogP contribution in [0.1, 0.15) is 30.1 Å². The van der Waals surface area contributed by atoms with Gasteiger partial charge in [0.1, 0.15) is 5.38 Å². The molecule has 0 aliphatic carbocycles. The molecule has 7 heteroatoms. The van der Waals surface area contributed by atoms with Crippen LogP contribution >= 0.6 is 39.3 Å². The predicted octanol–water partition coefficient (Wildman–Crippen LogP) is 3.58. The average Bonchev–Trinajstić information content (AvgIpc) is 2.98. The van der Waals surface area contributed by atoms with Crippen LogP contribution in [0.3, 0.4) is 0 Å². The Hall–Kier alpha value is -0.720. The first-order valence-corrected chi connectivity index (χ1v) is 10.3. The Bertz CT molecular complexity index is 630. The van der Waals surface area contributed by atoms with E-state index in [2.05, 4.69) is 15.9 Å². The van der Waals surface area contributed by atoms with Gasteiger partial charge in [0.25, 0.3) is 5.91 Å². The summed E-state index contributed by atoms with van der Waals surface area (Å²) in [4.78, 5) is 28.7. The lowest BCUT2D eigenvalue weighted by Gasteiger charge is -2.44. The smallest absolute Gasteiger partial charge is 0.254 e. The van der Waals surface area contributed by atoms with Crippen molar-refractivity contribution in [3.05, 3.63) is 34.3 Å². The molecule has 0 bridgehead atoms. The van der Waals surface area contributed by atoms with E-state index in [1.54, 1.807) is 6.92 Å². The first kappa shape index (κ1) is 18.1. The number of thioether (sulfide) groups is 1. The highest BCUT2D eigenvalue weighted by Gasteiger charge is 2.47. The quantitative estimate of drug-likeness (QED) is 0.672. The van der Waals surface area contributed by atoms with Crippen molar-refractivity contribution in [2.24, 2.45) is 0 Å². The van der Waals surface area contributed by atoms with Gasteiger partial charge in [0, 0.05) is 35.4 Å². The number of rotatable bonds is 2. The fraction of sp³-hybridized carbons (Fsp3) is 0.529. The number of nitrogens with zero attached hydrogens (tertiary/aromatic N) is 2. The Morgan fingerprint density at radius 3 is 2.42 bits per heavy atom. The van der Waals surface area contributed by atoms with Gasteiger partial charge in [-0.05, 0) is 44.0 Å². The fourth-order valence-corrected chi connectivity index (χ4v) is 5.24. The summed E-state index contributed by atoms with van der Waals surface area (Å²) in [5.41, 5.74) is 0.716. The molecule has 3 rings (SSSR count). The number of likely N-dealkylation sites (tertiary alicyclic amines) is 1. The van der Waals surface area contributed by atoms with Crippen molar-refractivity contribution >= 4 is 51.1 Å². The third kappa shape index (κ3) is 3.46. The molecule has 0 aromatic heterocycles. The minimum Gasteiger partial charge on any atom is -0.341 e. The first-order valence-electron chi connectivity index (χ1n) is 8.07. The lowest BCUT2D eigenvalue weighted by molar-refractivity contribution is -0.132. The molecule has 2 saturated heterocycles. The Kier molecular flexibility index (Phi) is 5.47. The summed E-state index contributed by atoms with van der Waals surface area (Å²) in [6.45, 7) is 3.79. The molecular weight excluding hydrogens is 412 g/mol. The summed E-state index contributed by atoms with van der Waals surface area (Å²) in [7, 11) is 0. The van der Waals surface area contributed by atoms with Gasteiger partial charge >= 0.3 is 0 Å². The monoisotopic (exact) mass is 430 g/mol. The molecule has 2 aliphatic heterocycles. The minimum absolute atomic E-state index is 0.0136. The predicted molar refractivity (Wildman–Crippen MR) is 101 cm³/mol. The van der Waals surface area contributed by atoms with E-state index in [1.807, 2.05) is 45.8 Å². The van der Waals surface area contributed by atoms with Crippen LogP contribution in [0.4, 0.5) is 0 Å². The molecule has 0 N–H and O–H groups in total. The number of carbonyl (C=O) groups is 2. The minimum atomic E-state index is -0.490. The number of carbonyl (C=O) groups excluding carboxylic acids is 2. The molecule has 2 fully saturated rings. The molecule has 2 amide bonds. The number of hydrogen-bond donors (Lipinski definition) is 0. The maximum atomic E-state index is 13.0. The van der Waals surface area contributed by atoms with Gasteiger partial charge in [-0.1, -0.05) is 15.9 Å². The molecule has 4 nitrogen and oxygen atoms in total. The van der Waals surface area contributed by atoms with Gasteiger partial charge in [-0.3, -0.25) is 9.59 Å². The van der Waals surface area contributed by atoms with Crippen LogP contribution in [0.25, 0.3) is 0 Å². The third-order valence-corrected chi connectivity index (χ3v) is 6.98. The molecular formula is C17H20BrClN2O2S. The molecule has 24 heavy (non-hydrogen) atoms. The normalized spacial score (nSPS) is 21.1. The second-order valence-electron chi connectivity index (χ2n) is 6.20. The SMILES string of the molecule is CC(Cl)C(=O)N1CCC2(CC1)SCCN2C(=O)c1ccc(Br)cc1. The van der Waals surface area contributed by atoms with Crippen LogP contribution in [0, 0.1) is 0 Å². The van der Waals surface area contributed by atoms with Crippen molar-refractivity contribution in [2.45, 2.75) is 30.0 Å². The lowest BCUT2D eigenvalue weighted by atomic mass is 10.0. The van der Waals surface area contributed by atoms with Crippen LogP contribution in [0.2, 0.25) is 0 Å². The molecule has 1 atom stereocenters. The van der Waals surface area contributed by atoms with Crippen molar-refractivity contribution in [1.82, 2.24) is 9.80 Å². The number of hydrogen-bond acceptors (Lipinski definition) is 3. The average molecular weight is 432 g/mol. The van der Waals surface area contributed by atoms with Crippen molar-refractivity contribution in [3.8, 4) is 0 Å². The van der Waals surface area contributed by atoms with E-state index in [4.69, 9.17) is 11.6 Å². The summed E-state index contributed by atoms with van der Waals surface area (Å²) < 4.78 is 0.964. The Morgan fingerprint density at radius 2 is 1.83 bits per heavy atom. The van der Waals surface area contributed by atoms with Gasteiger partial charge in [-0.15, -0.1) is 23.4 Å². The maximum absolute atomic E-state index is 13.0. The molecule has 0 saturated carbocycles. The molecule has 1 aromatic carbocycles. The number of alkyl halides is 1. The molecule has 1 unspecified atom stereocenters. The van der Waals surface area contributed by atoms with Crippen molar-refractivity contribution < 1.29 is 9.59 Å². The van der Waals surface area contributed by atoms with Crippen molar-refractivity contribution in [3.63, 3.8) is 0 Å². The zero-order valence-corrected chi connectivity index (χ0v) is 16.7. The molecule has 130 valence electrons. The largest absolute Gasteiger partial charge is 0.341 e. The van der Waals surface area contributed by atoms with E-state index < -0.39 is 5.38 Å². The number of benzene rings is 1. The van der Waals surface area contributed by atoms with Gasteiger partial charge in [-0.2, -0.15) is 0 Å². The van der Waals surface area contributed by atoms with Crippen LogP contribution < -0.4 is 0 Å². The standard InChI is InChI=1S/C17H20BrClN2O2S/c1-12(19)15(22)20-8-6-17(7-9-20)21(10-11-24-17)16(23)13-2-4-14(18)5-3-13/h2-5,12H,6-11H2,1H3. The number of halogens is 2. The highest BCUT2D eigenvalue weighted by atomic mass is 79.9. The van der Waals surface area contributed by atoms with Gasteiger partial charge in [0.05, 0.1) is 4.87 Å². The second-order valence-corrected chi connectivity index (χ2v) is 9.23. The molecule has 2 heterocycles. The topological polar surface area (TPSA) is 40.6 Å². The highest BCUT2D eigenvalue weighted by Crippen LogP contribution is 2.44. The van der Waals surface area contributed by atoms with Gasteiger partial charge < -0.3 is 9.80 Å². The summed E-state index contributed by atoms with van der Waals surface area (Å²) in [5.74, 6) is 1.01. The van der Waals surface area contributed by atoms with E-state index in [-0.39, 0.29) is 16.7 Å². The Labute approximate surface area is 160 Å².